The second kappa shape index (κ2) is 14.7. The van der Waals surface area contributed by atoms with Crippen LogP contribution < -0.4 is 9.47 Å². The second-order valence-corrected chi connectivity index (χ2v) is 9.56. The number of carbonyl (C=O) groups is 2. The predicted molar refractivity (Wildman–Crippen MR) is 142 cm³/mol. The Hall–Kier alpha value is -3.00. The molecule has 0 spiro atoms. The molecule has 2 aromatic rings. The van der Waals surface area contributed by atoms with Crippen molar-refractivity contribution in [1.29, 1.82) is 0 Å². The average Bonchev–Trinajstić information content (AvgIpc) is 3.59. The molecule has 1 aliphatic rings. The fraction of sp³-hybridized carbons (Fsp3) is 0.586. The number of carbonyl (C=O) groups excluding carboxylic acids is 2. The number of benzene rings is 1. The molecule has 1 heterocycles. The molecule has 1 saturated carbocycles. The number of hydrogen-bond donors (Lipinski definition) is 0. The highest BCUT2D eigenvalue weighted by molar-refractivity contribution is 5.86. The predicted octanol–water partition coefficient (Wildman–Crippen LogP) is 4.62. The number of hydrogen-bond acceptors (Lipinski definition) is 6. The second-order valence-electron chi connectivity index (χ2n) is 9.56. The molecular weight excluding hydrogens is 472 g/mol. The third-order valence-corrected chi connectivity index (χ3v) is 6.88. The molecule has 1 aromatic carbocycles. The van der Waals surface area contributed by atoms with E-state index in [2.05, 4.69) is 0 Å². The summed E-state index contributed by atoms with van der Waals surface area (Å²) in [6.07, 6.45) is 5.31. The third kappa shape index (κ3) is 8.52. The molecule has 0 unspecified atom stereocenters. The minimum Gasteiger partial charge on any atom is -0.493 e. The number of nitrogens with zero attached hydrogens (tertiary/aromatic N) is 2. The molecule has 0 atom stereocenters. The van der Waals surface area contributed by atoms with Crippen LogP contribution in [-0.2, 0) is 27.3 Å². The minimum absolute atomic E-state index is 0.0211. The smallest absolute Gasteiger partial charge is 0.242 e. The number of methoxy groups -OCH3 is 2. The summed E-state index contributed by atoms with van der Waals surface area (Å²) in [5.41, 5.74) is 1.03. The largest absolute Gasteiger partial charge is 0.493 e. The monoisotopic (exact) mass is 514 g/mol. The van der Waals surface area contributed by atoms with E-state index in [1.807, 2.05) is 44.2 Å². The number of amides is 2. The van der Waals surface area contributed by atoms with Crippen LogP contribution >= 0.6 is 0 Å². The zero-order chi connectivity index (χ0) is 26.6. The van der Waals surface area contributed by atoms with Crippen molar-refractivity contribution >= 4 is 11.8 Å². The molecule has 0 bridgehead atoms. The zero-order valence-electron chi connectivity index (χ0n) is 22.8. The number of rotatable bonds is 15. The Kier molecular flexibility index (Phi) is 11.3. The Balaban J connectivity index is 1.73. The van der Waals surface area contributed by atoms with Gasteiger partial charge < -0.3 is 28.4 Å². The fourth-order valence-electron chi connectivity index (χ4n) is 4.81. The molecule has 8 heteroatoms. The molecule has 37 heavy (non-hydrogen) atoms. The van der Waals surface area contributed by atoms with Crippen LogP contribution in [0.15, 0.2) is 34.7 Å². The number of furan rings is 1. The van der Waals surface area contributed by atoms with Gasteiger partial charge in [0, 0.05) is 32.2 Å². The molecule has 1 aromatic heterocycles. The Bertz CT molecular complexity index is 998. The molecule has 204 valence electrons. The topological polar surface area (TPSA) is 81.5 Å². The fourth-order valence-corrected chi connectivity index (χ4v) is 4.81. The molecule has 0 N–H and O–H groups in total. The maximum Gasteiger partial charge on any atom is 0.242 e. The maximum atomic E-state index is 13.6. The lowest BCUT2D eigenvalue weighted by Crippen LogP contribution is -2.45. The summed E-state index contributed by atoms with van der Waals surface area (Å²) in [5.74, 6) is 2.88. The van der Waals surface area contributed by atoms with Crippen LogP contribution in [-0.4, -0.2) is 68.7 Å². The van der Waals surface area contributed by atoms with Crippen LogP contribution in [0.1, 0.15) is 56.1 Å². The Morgan fingerprint density at radius 2 is 1.76 bits per heavy atom. The normalized spacial score (nSPS) is 13.5. The van der Waals surface area contributed by atoms with Gasteiger partial charge in [0.25, 0.3) is 0 Å². The lowest BCUT2D eigenvalue weighted by molar-refractivity contribution is -0.143. The highest BCUT2D eigenvalue weighted by Crippen LogP contribution is 2.28. The van der Waals surface area contributed by atoms with Crippen molar-refractivity contribution in [3.8, 4) is 11.5 Å². The molecule has 1 aliphatic carbocycles. The highest BCUT2D eigenvalue weighted by Gasteiger charge is 2.29. The van der Waals surface area contributed by atoms with Gasteiger partial charge in [-0.1, -0.05) is 18.9 Å². The van der Waals surface area contributed by atoms with Gasteiger partial charge in [-0.2, -0.15) is 0 Å². The van der Waals surface area contributed by atoms with E-state index < -0.39 is 0 Å². The van der Waals surface area contributed by atoms with Crippen molar-refractivity contribution in [3.63, 3.8) is 0 Å². The molecule has 8 nitrogen and oxygen atoms in total. The van der Waals surface area contributed by atoms with E-state index in [9.17, 15) is 9.59 Å². The molecule has 2 amide bonds. The zero-order valence-corrected chi connectivity index (χ0v) is 22.8. The number of ether oxygens (including phenoxy) is 3. The first-order chi connectivity index (χ1) is 17.9. The number of aryl methyl sites for hydroxylation is 1. The van der Waals surface area contributed by atoms with Gasteiger partial charge in [-0.3, -0.25) is 9.59 Å². The first-order valence-electron chi connectivity index (χ1n) is 13.4. The van der Waals surface area contributed by atoms with Crippen molar-refractivity contribution in [2.45, 2.75) is 58.9 Å². The summed E-state index contributed by atoms with van der Waals surface area (Å²) in [6, 6.07) is 9.58. The Morgan fingerprint density at radius 3 is 2.41 bits per heavy atom. The summed E-state index contributed by atoms with van der Waals surface area (Å²) in [7, 11) is 3.22. The standard InChI is InChI=1S/C29H42N2O6/c1-5-36-18-8-16-31(29(33)24-9-6-7-10-24)21-28(32)30(20-25-13-11-22(2)37-25)17-15-23-12-14-26(34-3)27(19-23)35-4/h11-14,19,24H,5-10,15-18,20-21H2,1-4H3. The van der Waals surface area contributed by atoms with Crippen molar-refractivity contribution in [2.24, 2.45) is 5.92 Å². The summed E-state index contributed by atoms with van der Waals surface area (Å²) in [4.78, 5) is 30.5. The van der Waals surface area contributed by atoms with Gasteiger partial charge in [-0.05, 0) is 69.4 Å². The lowest BCUT2D eigenvalue weighted by Gasteiger charge is -2.29. The molecule has 0 aliphatic heterocycles. The van der Waals surface area contributed by atoms with Crippen LogP contribution in [0.3, 0.4) is 0 Å². The maximum absolute atomic E-state index is 13.6. The Labute approximate surface area is 220 Å². The van der Waals surface area contributed by atoms with Gasteiger partial charge >= 0.3 is 0 Å². The van der Waals surface area contributed by atoms with Crippen LogP contribution in [0.2, 0.25) is 0 Å². The minimum atomic E-state index is -0.0858. The van der Waals surface area contributed by atoms with Gasteiger partial charge in [0.05, 0.1) is 27.3 Å². The van der Waals surface area contributed by atoms with E-state index in [-0.39, 0.29) is 24.3 Å². The van der Waals surface area contributed by atoms with Crippen molar-refractivity contribution in [2.75, 3.05) is 47.1 Å². The van der Waals surface area contributed by atoms with Crippen LogP contribution in [0.4, 0.5) is 0 Å². The summed E-state index contributed by atoms with van der Waals surface area (Å²) in [5, 5.41) is 0. The van der Waals surface area contributed by atoms with Gasteiger partial charge in [0.2, 0.25) is 11.8 Å². The third-order valence-electron chi connectivity index (χ3n) is 6.88. The van der Waals surface area contributed by atoms with Crippen molar-refractivity contribution in [3.05, 3.63) is 47.4 Å². The molecular formula is C29H42N2O6. The van der Waals surface area contributed by atoms with E-state index in [1.54, 1.807) is 24.0 Å². The molecule has 1 fully saturated rings. The quantitative estimate of drug-likeness (QED) is 0.323. The highest BCUT2D eigenvalue weighted by atomic mass is 16.5. The first-order valence-corrected chi connectivity index (χ1v) is 13.4. The van der Waals surface area contributed by atoms with Gasteiger partial charge in [-0.25, -0.2) is 0 Å². The lowest BCUT2D eigenvalue weighted by atomic mass is 10.1. The molecule has 0 saturated heterocycles. The summed E-state index contributed by atoms with van der Waals surface area (Å²) >= 11 is 0. The summed E-state index contributed by atoms with van der Waals surface area (Å²) in [6.45, 7) is 6.48. The van der Waals surface area contributed by atoms with Crippen molar-refractivity contribution < 1.29 is 28.2 Å². The SMILES string of the molecule is CCOCCCN(CC(=O)N(CCc1ccc(OC)c(OC)c1)Cc1ccc(C)o1)C(=O)C1CCCC1. The summed E-state index contributed by atoms with van der Waals surface area (Å²) < 4.78 is 22.0. The molecule has 3 rings (SSSR count). The van der Waals surface area contributed by atoms with Crippen LogP contribution in [0.25, 0.3) is 0 Å². The van der Waals surface area contributed by atoms with Gasteiger partial charge in [0.1, 0.15) is 11.5 Å². The van der Waals surface area contributed by atoms with Gasteiger partial charge in [-0.15, -0.1) is 0 Å². The Morgan fingerprint density at radius 1 is 1.00 bits per heavy atom. The average molecular weight is 515 g/mol. The van der Waals surface area contributed by atoms with E-state index in [0.29, 0.717) is 57.2 Å². The van der Waals surface area contributed by atoms with E-state index >= 15 is 0 Å². The van der Waals surface area contributed by atoms with Gasteiger partial charge in [0.15, 0.2) is 11.5 Å². The van der Waals surface area contributed by atoms with E-state index in [0.717, 1.165) is 42.8 Å². The van der Waals surface area contributed by atoms with E-state index in [4.69, 9.17) is 18.6 Å². The molecule has 0 radical (unpaired) electrons. The van der Waals surface area contributed by atoms with Crippen LogP contribution in [0.5, 0.6) is 11.5 Å². The first kappa shape index (κ1) is 28.6. The van der Waals surface area contributed by atoms with Crippen LogP contribution in [0, 0.1) is 12.8 Å². The van der Waals surface area contributed by atoms with E-state index in [1.165, 1.54) is 0 Å². The van der Waals surface area contributed by atoms with Crippen molar-refractivity contribution in [1.82, 2.24) is 9.80 Å².